The summed E-state index contributed by atoms with van der Waals surface area (Å²) in [7, 11) is 0. The van der Waals surface area contributed by atoms with Crippen LogP contribution in [0.15, 0.2) is 29.8 Å². The molecule has 0 aliphatic carbocycles. The maximum Gasteiger partial charge on any atom is 0.275 e. The molecule has 1 N–H and O–H groups in total. The van der Waals surface area contributed by atoms with Gasteiger partial charge in [-0.3, -0.25) is 9.59 Å². The number of rotatable bonds is 6. The van der Waals surface area contributed by atoms with Gasteiger partial charge in [0.15, 0.2) is 5.82 Å². The van der Waals surface area contributed by atoms with Gasteiger partial charge in [-0.1, -0.05) is 0 Å². The highest BCUT2D eigenvalue weighted by Gasteiger charge is 2.26. The van der Waals surface area contributed by atoms with Crippen molar-refractivity contribution < 1.29 is 9.59 Å². The van der Waals surface area contributed by atoms with Gasteiger partial charge in [0, 0.05) is 49.1 Å². The molecule has 33 heavy (non-hydrogen) atoms. The van der Waals surface area contributed by atoms with Gasteiger partial charge in [0.05, 0.1) is 16.4 Å². The minimum atomic E-state index is -0.282. The van der Waals surface area contributed by atoms with Gasteiger partial charge >= 0.3 is 0 Å². The number of aryl methyl sites for hydroxylation is 2. The zero-order chi connectivity index (χ0) is 23.4. The molecule has 0 aromatic carbocycles. The number of hydrogen-bond donors (Lipinski definition) is 1. The number of amides is 2. The molecule has 170 valence electrons. The molecule has 0 spiro atoms. The fourth-order valence-corrected chi connectivity index (χ4v) is 4.96. The third-order valence-corrected chi connectivity index (χ3v) is 6.69. The molecule has 4 rings (SSSR count). The predicted molar refractivity (Wildman–Crippen MR) is 128 cm³/mol. The number of likely N-dealkylation sites (tertiary alicyclic amines) is 1. The van der Waals surface area contributed by atoms with Crippen molar-refractivity contribution >= 4 is 28.8 Å². The summed E-state index contributed by atoms with van der Waals surface area (Å²) in [5.74, 6) is 3.16. The van der Waals surface area contributed by atoms with Gasteiger partial charge in [-0.25, -0.2) is 14.6 Å². The molecule has 1 aliphatic rings. The van der Waals surface area contributed by atoms with E-state index in [1.807, 2.05) is 24.8 Å². The molecular formula is C24H26N6O2S. The van der Waals surface area contributed by atoms with Crippen molar-refractivity contribution in [2.75, 3.05) is 18.4 Å². The van der Waals surface area contributed by atoms with Gasteiger partial charge in [0.1, 0.15) is 5.69 Å². The molecule has 8 nitrogen and oxygen atoms in total. The first-order valence-corrected chi connectivity index (χ1v) is 11.8. The van der Waals surface area contributed by atoms with Crippen LogP contribution in [0.2, 0.25) is 0 Å². The number of nitrogens with zero attached hydrogens (tertiary/aromatic N) is 5. The largest absolute Gasteiger partial charge is 0.343 e. The number of anilines is 1. The lowest BCUT2D eigenvalue weighted by Crippen LogP contribution is -2.37. The Morgan fingerprint density at radius 3 is 2.79 bits per heavy atom. The molecule has 4 heterocycles. The maximum absolute atomic E-state index is 12.9. The third kappa shape index (κ3) is 5.12. The minimum absolute atomic E-state index is 0.112. The van der Waals surface area contributed by atoms with Crippen LogP contribution in [0.5, 0.6) is 0 Å². The van der Waals surface area contributed by atoms with E-state index in [-0.39, 0.29) is 17.7 Å². The number of piperidine rings is 1. The van der Waals surface area contributed by atoms with Gasteiger partial charge in [-0.2, -0.15) is 5.10 Å². The molecule has 1 saturated heterocycles. The van der Waals surface area contributed by atoms with E-state index in [0.717, 1.165) is 29.2 Å². The van der Waals surface area contributed by atoms with E-state index in [0.29, 0.717) is 43.1 Å². The molecule has 3 aromatic heterocycles. The summed E-state index contributed by atoms with van der Waals surface area (Å²) in [6, 6.07) is 5.54. The van der Waals surface area contributed by atoms with Crippen molar-refractivity contribution in [2.24, 2.45) is 0 Å². The Hall–Kier alpha value is -3.51. The summed E-state index contributed by atoms with van der Waals surface area (Å²) in [5.41, 5.74) is 2.76. The highest BCUT2D eigenvalue weighted by atomic mass is 32.1. The normalized spacial score (nSPS) is 14.2. The zero-order valence-electron chi connectivity index (χ0n) is 18.7. The molecule has 0 unspecified atom stereocenters. The summed E-state index contributed by atoms with van der Waals surface area (Å²) < 4.78 is 1.72. The van der Waals surface area contributed by atoms with E-state index < -0.39 is 0 Å². The van der Waals surface area contributed by atoms with Crippen molar-refractivity contribution in [1.82, 2.24) is 24.6 Å². The van der Waals surface area contributed by atoms with Gasteiger partial charge in [0.25, 0.3) is 5.91 Å². The standard InChI is InChI=1S/C24H26N6O2S/c1-4-5-8-21(31)29-12-9-18(10-13-29)24-27-20(15-33-24)23(32)26-19-7-6-11-25-22(19)30-17(3)14-16(2)28-30/h1,6-7,11,14-15,18H,5,8-10,12-13H2,2-3H3,(H,26,32). The van der Waals surface area contributed by atoms with E-state index in [1.165, 1.54) is 11.3 Å². The Bertz CT molecular complexity index is 1200. The van der Waals surface area contributed by atoms with Crippen molar-refractivity contribution in [3.63, 3.8) is 0 Å². The lowest BCUT2D eigenvalue weighted by molar-refractivity contribution is -0.132. The second kappa shape index (κ2) is 9.96. The highest BCUT2D eigenvalue weighted by Crippen LogP contribution is 2.31. The van der Waals surface area contributed by atoms with E-state index in [4.69, 9.17) is 6.42 Å². The molecule has 0 bridgehead atoms. The summed E-state index contributed by atoms with van der Waals surface area (Å²) in [6.07, 6.45) is 9.47. The van der Waals surface area contributed by atoms with Crippen molar-refractivity contribution in [2.45, 2.75) is 45.4 Å². The molecule has 1 fully saturated rings. The Morgan fingerprint density at radius 1 is 1.30 bits per heavy atom. The zero-order valence-corrected chi connectivity index (χ0v) is 19.6. The van der Waals surface area contributed by atoms with Crippen LogP contribution in [0.4, 0.5) is 5.69 Å². The number of aromatic nitrogens is 4. The molecule has 2 amide bonds. The second-order valence-electron chi connectivity index (χ2n) is 8.10. The maximum atomic E-state index is 12.9. The first-order chi connectivity index (χ1) is 16.0. The second-order valence-corrected chi connectivity index (χ2v) is 8.99. The van der Waals surface area contributed by atoms with E-state index >= 15 is 0 Å². The monoisotopic (exact) mass is 462 g/mol. The van der Waals surface area contributed by atoms with E-state index in [2.05, 4.69) is 26.3 Å². The number of pyridine rings is 1. The Morgan fingerprint density at radius 2 is 2.09 bits per heavy atom. The average molecular weight is 463 g/mol. The Kier molecular flexibility index (Phi) is 6.84. The smallest absolute Gasteiger partial charge is 0.275 e. The molecule has 0 atom stereocenters. The van der Waals surface area contributed by atoms with Gasteiger partial charge in [0.2, 0.25) is 5.91 Å². The quantitative estimate of drug-likeness (QED) is 0.564. The average Bonchev–Trinajstić information content (AvgIpc) is 3.44. The summed E-state index contributed by atoms with van der Waals surface area (Å²) in [4.78, 5) is 36.0. The van der Waals surface area contributed by atoms with Crippen molar-refractivity contribution in [3.05, 3.63) is 51.9 Å². The minimum Gasteiger partial charge on any atom is -0.343 e. The van der Waals surface area contributed by atoms with Crippen LogP contribution in [0.3, 0.4) is 0 Å². The molecular weight excluding hydrogens is 436 g/mol. The number of thiazole rings is 1. The number of nitrogens with one attached hydrogen (secondary N) is 1. The predicted octanol–water partition coefficient (Wildman–Crippen LogP) is 3.71. The molecule has 0 radical (unpaired) electrons. The first-order valence-electron chi connectivity index (χ1n) is 10.9. The summed E-state index contributed by atoms with van der Waals surface area (Å²) in [6.45, 7) is 5.24. The number of terminal acetylenes is 1. The lowest BCUT2D eigenvalue weighted by atomic mass is 9.97. The SMILES string of the molecule is C#CCCC(=O)N1CCC(c2nc(C(=O)Nc3cccnc3-n3nc(C)cc3C)cs2)CC1. The lowest BCUT2D eigenvalue weighted by Gasteiger charge is -2.31. The molecule has 0 saturated carbocycles. The Labute approximate surface area is 197 Å². The molecule has 9 heteroatoms. The topological polar surface area (TPSA) is 93.0 Å². The van der Waals surface area contributed by atoms with Crippen molar-refractivity contribution in [1.29, 1.82) is 0 Å². The highest BCUT2D eigenvalue weighted by molar-refractivity contribution is 7.10. The van der Waals surface area contributed by atoms with Crippen molar-refractivity contribution in [3.8, 4) is 18.2 Å². The van der Waals surface area contributed by atoms with Crippen LogP contribution in [0.25, 0.3) is 5.82 Å². The summed E-state index contributed by atoms with van der Waals surface area (Å²) in [5, 5.41) is 10.1. The number of carbonyl (C=O) groups is 2. The van der Waals surface area contributed by atoms with Crippen LogP contribution >= 0.6 is 11.3 Å². The van der Waals surface area contributed by atoms with E-state index in [1.54, 1.807) is 28.4 Å². The van der Waals surface area contributed by atoms with Crippen LogP contribution in [0.1, 0.15) is 58.5 Å². The third-order valence-electron chi connectivity index (χ3n) is 5.68. The van der Waals surface area contributed by atoms with Gasteiger partial charge in [-0.05, 0) is 44.9 Å². The molecule has 3 aromatic rings. The first kappa shape index (κ1) is 22.7. The summed E-state index contributed by atoms with van der Waals surface area (Å²) >= 11 is 1.49. The number of carbonyl (C=O) groups excluding carboxylic acids is 2. The van der Waals surface area contributed by atoms with E-state index in [9.17, 15) is 9.59 Å². The van der Waals surface area contributed by atoms with Crippen LogP contribution in [-0.2, 0) is 4.79 Å². The fraction of sp³-hybridized carbons (Fsp3) is 0.375. The van der Waals surface area contributed by atoms with Crippen LogP contribution < -0.4 is 5.32 Å². The Balaban J connectivity index is 1.41. The van der Waals surface area contributed by atoms with Crippen LogP contribution in [-0.4, -0.2) is 49.6 Å². The van der Waals surface area contributed by atoms with Crippen LogP contribution in [0, 0.1) is 26.2 Å². The number of hydrogen-bond acceptors (Lipinski definition) is 6. The fourth-order valence-electron chi connectivity index (χ4n) is 3.99. The van der Waals surface area contributed by atoms with Gasteiger partial charge in [-0.15, -0.1) is 23.7 Å². The molecule has 1 aliphatic heterocycles. The van der Waals surface area contributed by atoms with Gasteiger partial charge < -0.3 is 10.2 Å².